The summed E-state index contributed by atoms with van der Waals surface area (Å²) in [5.74, 6) is -1.98. The Morgan fingerprint density at radius 2 is 1.76 bits per heavy atom. The van der Waals surface area contributed by atoms with Gasteiger partial charge in [0.25, 0.3) is 0 Å². The summed E-state index contributed by atoms with van der Waals surface area (Å²) < 4.78 is 42.1. The van der Waals surface area contributed by atoms with Crippen molar-refractivity contribution in [3.05, 3.63) is 0 Å². The normalized spacial score (nSPS) is 47.3. The van der Waals surface area contributed by atoms with Crippen LogP contribution in [0.2, 0.25) is 0 Å². The molecule has 0 amide bonds. The number of aliphatic hydroxyl groups is 1. The van der Waals surface area contributed by atoms with Crippen molar-refractivity contribution in [3.8, 4) is 0 Å². The number of hydrogen-bond donors (Lipinski definition) is 1. The lowest BCUT2D eigenvalue weighted by molar-refractivity contribution is -0.289. The molecule has 2 aliphatic carbocycles. The number of carbonyl (C=O) groups is 3. The lowest BCUT2D eigenvalue weighted by Gasteiger charge is -2.65. The van der Waals surface area contributed by atoms with Crippen molar-refractivity contribution in [2.45, 2.75) is 116 Å². The summed E-state index contributed by atoms with van der Waals surface area (Å²) in [5.41, 5.74) is -2.86. The lowest BCUT2D eigenvalue weighted by atomic mass is 9.41. The first-order valence-corrected chi connectivity index (χ1v) is 15.0. The summed E-state index contributed by atoms with van der Waals surface area (Å²) in [6.07, 6.45) is -0.987. The summed E-state index contributed by atoms with van der Waals surface area (Å²) in [5, 5.41) is 11.7. The Morgan fingerprint density at radius 3 is 2.32 bits per heavy atom. The van der Waals surface area contributed by atoms with Crippen LogP contribution in [0.1, 0.15) is 73.6 Å². The molecule has 0 radical (unpaired) electrons. The third-order valence-corrected chi connectivity index (χ3v) is 11.1. The number of ether oxygens (including phenoxy) is 7. The fourth-order valence-corrected chi connectivity index (χ4v) is 8.47. The van der Waals surface area contributed by atoms with E-state index in [0.29, 0.717) is 12.8 Å². The molecule has 2 unspecified atom stereocenters. The van der Waals surface area contributed by atoms with Crippen molar-refractivity contribution in [1.29, 1.82) is 0 Å². The van der Waals surface area contributed by atoms with E-state index < -0.39 is 58.9 Å². The van der Waals surface area contributed by atoms with Gasteiger partial charge in [-0.05, 0) is 37.5 Å². The Kier molecular flexibility index (Phi) is 8.26. The molecule has 2 saturated carbocycles. The van der Waals surface area contributed by atoms with Crippen LogP contribution in [0, 0.1) is 34.5 Å². The summed E-state index contributed by atoms with van der Waals surface area (Å²) in [7, 11) is 1.62. The van der Waals surface area contributed by atoms with Crippen LogP contribution in [0.3, 0.4) is 0 Å². The van der Waals surface area contributed by atoms with Crippen molar-refractivity contribution in [3.63, 3.8) is 0 Å². The average molecular weight is 583 g/mol. The molecule has 11 nitrogen and oxygen atoms in total. The van der Waals surface area contributed by atoms with Gasteiger partial charge in [-0.15, -0.1) is 0 Å². The predicted molar refractivity (Wildman–Crippen MR) is 142 cm³/mol. The molecule has 5 aliphatic rings. The highest BCUT2D eigenvalue weighted by molar-refractivity contribution is 5.72. The van der Waals surface area contributed by atoms with Crippen LogP contribution in [-0.2, 0) is 47.5 Å². The molecular formula is C30H46O11. The zero-order valence-corrected chi connectivity index (χ0v) is 25.3. The molecule has 0 bridgehead atoms. The van der Waals surface area contributed by atoms with Gasteiger partial charge in [0.05, 0.1) is 30.1 Å². The van der Waals surface area contributed by atoms with E-state index in [0.717, 1.165) is 12.8 Å². The van der Waals surface area contributed by atoms with E-state index in [1.807, 2.05) is 6.92 Å². The largest absolute Gasteiger partial charge is 0.465 e. The zero-order valence-electron chi connectivity index (χ0n) is 25.3. The van der Waals surface area contributed by atoms with Crippen LogP contribution in [-0.4, -0.2) is 85.9 Å². The summed E-state index contributed by atoms with van der Waals surface area (Å²) >= 11 is 0. The van der Waals surface area contributed by atoms with Crippen LogP contribution in [0.4, 0.5) is 0 Å². The molecule has 5 rings (SSSR count). The van der Waals surface area contributed by atoms with E-state index in [1.165, 1.54) is 13.8 Å². The van der Waals surface area contributed by atoms with Gasteiger partial charge in [-0.1, -0.05) is 27.7 Å². The van der Waals surface area contributed by atoms with Gasteiger partial charge in [-0.25, -0.2) is 0 Å². The van der Waals surface area contributed by atoms with Crippen molar-refractivity contribution >= 4 is 17.9 Å². The van der Waals surface area contributed by atoms with E-state index >= 15 is 0 Å². The Balaban J connectivity index is 1.59. The molecule has 3 saturated heterocycles. The second-order valence-corrected chi connectivity index (χ2v) is 13.1. The number of hydrogen-bond acceptors (Lipinski definition) is 11. The zero-order chi connectivity index (χ0) is 29.9. The number of aliphatic hydroxyl groups excluding tert-OH is 1. The van der Waals surface area contributed by atoms with Gasteiger partial charge in [0.2, 0.25) is 0 Å². The number of esters is 3. The monoisotopic (exact) mass is 582 g/mol. The molecule has 5 fully saturated rings. The highest BCUT2D eigenvalue weighted by Gasteiger charge is 2.81. The topological polar surface area (TPSA) is 139 Å². The highest BCUT2D eigenvalue weighted by Crippen LogP contribution is 2.70. The summed E-state index contributed by atoms with van der Waals surface area (Å²) in [4.78, 5) is 37.8. The maximum absolute atomic E-state index is 13.0. The maximum atomic E-state index is 13.0. The van der Waals surface area contributed by atoms with Crippen LogP contribution in [0.25, 0.3) is 0 Å². The molecule has 11 heteroatoms. The Bertz CT molecular complexity index is 1010. The quantitative estimate of drug-likeness (QED) is 0.257. The summed E-state index contributed by atoms with van der Waals surface area (Å²) in [6.45, 7) is 10.7. The van der Waals surface area contributed by atoms with Gasteiger partial charge in [-0.3, -0.25) is 14.4 Å². The molecule has 3 heterocycles. The maximum Gasteiger partial charge on any atom is 0.309 e. The first kappa shape index (κ1) is 30.7. The van der Waals surface area contributed by atoms with Gasteiger partial charge < -0.3 is 38.3 Å². The molecule has 13 atom stereocenters. The molecule has 3 aliphatic heterocycles. The van der Waals surface area contributed by atoms with Crippen LogP contribution < -0.4 is 0 Å². The fraction of sp³-hybridized carbons (Fsp3) is 0.900. The molecule has 0 aromatic heterocycles. The molecule has 1 N–H and O–H groups in total. The van der Waals surface area contributed by atoms with Gasteiger partial charge in [0.1, 0.15) is 18.3 Å². The van der Waals surface area contributed by atoms with E-state index in [-0.39, 0.29) is 55.7 Å². The SMILES string of the molecule is CCC(C)C(=O)O[C@H]1[C@H](O)C[C@@H]2[C@@](C)([C@@H]3C[C@H]4CC(OC)O[C@H]4O3)[C@H](C)C[C@H](OC(C)=O)[C@@]2(COC(C)=O)[C@@]12CO2. The predicted octanol–water partition coefficient (Wildman–Crippen LogP) is 2.75. The Morgan fingerprint density at radius 1 is 1.05 bits per heavy atom. The molecule has 41 heavy (non-hydrogen) atoms. The Labute approximate surface area is 241 Å². The lowest BCUT2D eigenvalue weighted by Crippen LogP contribution is -2.74. The van der Waals surface area contributed by atoms with Crippen LogP contribution in [0.5, 0.6) is 0 Å². The first-order chi connectivity index (χ1) is 19.3. The van der Waals surface area contributed by atoms with Gasteiger partial charge in [0.15, 0.2) is 18.7 Å². The number of methoxy groups -OCH3 is 1. The smallest absolute Gasteiger partial charge is 0.309 e. The van der Waals surface area contributed by atoms with Crippen molar-refractivity contribution < 1.29 is 52.6 Å². The molecule has 0 aromatic carbocycles. The minimum Gasteiger partial charge on any atom is -0.465 e. The van der Waals surface area contributed by atoms with Gasteiger partial charge >= 0.3 is 17.9 Å². The van der Waals surface area contributed by atoms with Crippen LogP contribution in [0.15, 0.2) is 0 Å². The van der Waals surface area contributed by atoms with Gasteiger partial charge in [0, 0.05) is 38.7 Å². The second kappa shape index (κ2) is 11.0. The molecule has 232 valence electrons. The highest BCUT2D eigenvalue weighted by atomic mass is 16.8. The minimum atomic E-state index is -1.21. The third kappa shape index (κ3) is 4.80. The van der Waals surface area contributed by atoms with Crippen molar-refractivity contribution in [1.82, 2.24) is 0 Å². The number of rotatable bonds is 8. The van der Waals surface area contributed by atoms with E-state index in [4.69, 9.17) is 33.2 Å². The third-order valence-electron chi connectivity index (χ3n) is 11.1. The van der Waals surface area contributed by atoms with E-state index in [9.17, 15) is 19.5 Å². The number of carbonyl (C=O) groups excluding carboxylic acids is 3. The fourth-order valence-electron chi connectivity index (χ4n) is 8.47. The van der Waals surface area contributed by atoms with E-state index in [1.54, 1.807) is 14.0 Å². The molecular weight excluding hydrogens is 536 g/mol. The van der Waals surface area contributed by atoms with Crippen molar-refractivity contribution in [2.75, 3.05) is 20.3 Å². The second-order valence-electron chi connectivity index (χ2n) is 13.1. The Hall–Kier alpha value is -1.79. The summed E-state index contributed by atoms with van der Waals surface area (Å²) in [6, 6.07) is 0. The average Bonchev–Trinajstić information content (AvgIpc) is 3.45. The van der Waals surface area contributed by atoms with Crippen LogP contribution >= 0.6 is 0 Å². The standard InChI is InChI=1S/C30H46O11/c1-8-15(2)26(34)41-25-20(33)12-21-28(6,22-10-19-11-24(35-7)40-27(19)39-22)16(3)9-23(38-18(5)32)29(21,13-36-17(4)31)30(25)14-37-30/h15-16,19-25,27,33H,8-14H2,1-7H3/t15?,16-,19+,20-,21-,22+,23+,24?,25+,27-,28+,29+,30-/m1/s1. The number of epoxide rings is 1. The minimum absolute atomic E-state index is 0.00781. The van der Waals surface area contributed by atoms with E-state index in [2.05, 4.69) is 13.8 Å². The number of fused-ring (bicyclic) bond motifs is 3. The van der Waals surface area contributed by atoms with Crippen molar-refractivity contribution in [2.24, 2.45) is 34.5 Å². The first-order valence-electron chi connectivity index (χ1n) is 15.0. The van der Waals surface area contributed by atoms with Gasteiger partial charge in [-0.2, -0.15) is 0 Å². The molecule has 0 aromatic rings. The molecule has 1 spiro atoms.